The van der Waals surface area contributed by atoms with E-state index in [9.17, 15) is 4.79 Å². The molecule has 0 aliphatic heterocycles. The molecule has 5 nitrogen and oxygen atoms in total. The summed E-state index contributed by atoms with van der Waals surface area (Å²) in [5, 5.41) is 6.36. The fourth-order valence-corrected chi connectivity index (χ4v) is 2.51. The SMILES string of the molecule is CCNc1ccc(Cl)c(C(=O)NCCN(CC)C2CC2)n1. The maximum absolute atomic E-state index is 12.2. The number of rotatable bonds is 8. The Morgan fingerprint density at radius 1 is 1.43 bits per heavy atom. The molecule has 2 rings (SSSR count). The number of likely N-dealkylation sites (N-methyl/N-ethyl adjacent to an activating group) is 1. The number of pyridine rings is 1. The largest absolute Gasteiger partial charge is 0.370 e. The van der Waals surface area contributed by atoms with Crippen LogP contribution in [0.4, 0.5) is 5.82 Å². The fraction of sp³-hybridized carbons (Fsp3) is 0.600. The van der Waals surface area contributed by atoms with Gasteiger partial charge in [-0.25, -0.2) is 4.98 Å². The van der Waals surface area contributed by atoms with Crippen molar-refractivity contribution in [3.63, 3.8) is 0 Å². The molecule has 0 spiro atoms. The van der Waals surface area contributed by atoms with E-state index in [2.05, 4.69) is 27.4 Å². The first kappa shape index (κ1) is 16.0. The predicted octanol–water partition coefficient (Wildman–Crippen LogP) is 2.38. The molecule has 116 valence electrons. The molecule has 2 N–H and O–H groups in total. The van der Waals surface area contributed by atoms with Crippen molar-refractivity contribution in [3.05, 3.63) is 22.8 Å². The number of aromatic nitrogens is 1. The number of hydrogen-bond acceptors (Lipinski definition) is 4. The zero-order chi connectivity index (χ0) is 15.2. The zero-order valence-electron chi connectivity index (χ0n) is 12.7. The highest BCUT2D eigenvalue weighted by Gasteiger charge is 2.27. The number of anilines is 1. The maximum Gasteiger partial charge on any atom is 0.271 e. The number of halogens is 1. The van der Waals surface area contributed by atoms with Crippen LogP contribution in [-0.2, 0) is 0 Å². The normalized spacial score (nSPS) is 14.3. The average Bonchev–Trinajstić information content (AvgIpc) is 3.30. The third kappa shape index (κ3) is 4.58. The van der Waals surface area contributed by atoms with E-state index in [0.717, 1.165) is 19.6 Å². The summed E-state index contributed by atoms with van der Waals surface area (Å²) >= 11 is 6.06. The monoisotopic (exact) mass is 310 g/mol. The van der Waals surface area contributed by atoms with Gasteiger partial charge in [0.1, 0.15) is 11.5 Å². The van der Waals surface area contributed by atoms with E-state index < -0.39 is 0 Å². The molecule has 1 aliphatic carbocycles. The summed E-state index contributed by atoms with van der Waals surface area (Å²) in [6.45, 7) is 7.40. The Kier molecular flexibility index (Phi) is 5.82. The molecule has 21 heavy (non-hydrogen) atoms. The number of hydrogen-bond donors (Lipinski definition) is 2. The molecule has 0 atom stereocenters. The first-order chi connectivity index (χ1) is 10.2. The van der Waals surface area contributed by atoms with Crippen LogP contribution in [-0.4, -0.2) is 48.0 Å². The van der Waals surface area contributed by atoms with Gasteiger partial charge >= 0.3 is 0 Å². The Bertz CT molecular complexity index is 491. The second-order valence-electron chi connectivity index (χ2n) is 5.17. The van der Waals surface area contributed by atoms with Crippen LogP contribution < -0.4 is 10.6 Å². The Morgan fingerprint density at radius 2 is 2.19 bits per heavy atom. The highest BCUT2D eigenvalue weighted by Crippen LogP contribution is 2.25. The first-order valence-electron chi connectivity index (χ1n) is 7.58. The lowest BCUT2D eigenvalue weighted by atomic mass is 10.3. The van der Waals surface area contributed by atoms with E-state index in [1.807, 2.05) is 6.92 Å². The lowest BCUT2D eigenvalue weighted by Crippen LogP contribution is -2.36. The number of amides is 1. The van der Waals surface area contributed by atoms with Crippen molar-refractivity contribution >= 4 is 23.3 Å². The molecule has 1 saturated carbocycles. The number of nitrogens with one attached hydrogen (secondary N) is 2. The summed E-state index contributed by atoms with van der Waals surface area (Å²) in [6.07, 6.45) is 2.56. The molecule has 1 aromatic heterocycles. The van der Waals surface area contributed by atoms with E-state index in [1.165, 1.54) is 12.8 Å². The second-order valence-corrected chi connectivity index (χ2v) is 5.58. The highest BCUT2D eigenvalue weighted by molar-refractivity contribution is 6.33. The average molecular weight is 311 g/mol. The topological polar surface area (TPSA) is 57.3 Å². The van der Waals surface area contributed by atoms with Crippen LogP contribution in [0.2, 0.25) is 5.02 Å². The summed E-state index contributed by atoms with van der Waals surface area (Å²) in [5.74, 6) is 0.451. The Hall–Kier alpha value is -1.33. The minimum absolute atomic E-state index is 0.216. The van der Waals surface area contributed by atoms with Crippen molar-refractivity contribution in [1.82, 2.24) is 15.2 Å². The van der Waals surface area contributed by atoms with E-state index in [-0.39, 0.29) is 11.6 Å². The van der Waals surface area contributed by atoms with Crippen molar-refractivity contribution in [2.45, 2.75) is 32.7 Å². The van der Waals surface area contributed by atoms with Gasteiger partial charge in [0.05, 0.1) is 5.02 Å². The van der Waals surface area contributed by atoms with Crippen LogP contribution in [0.1, 0.15) is 37.2 Å². The van der Waals surface area contributed by atoms with E-state index >= 15 is 0 Å². The van der Waals surface area contributed by atoms with Gasteiger partial charge in [0.25, 0.3) is 5.91 Å². The van der Waals surface area contributed by atoms with Gasteiger partial charge in [-0.15, -0.1) is 0 Å². The van der Waals surface area contributed by atoms with Gasteiger partial charge in [-0.2, -0.15) is 0 Å². The van der Waals surface area contributed by atoms with Crippen molar-refractivity contribution in [3.8, 4) is 0 Å². The number of carbonyl (C=O) groups excluding carboxylic acids is 1. The van der Waals surface area contributed by atoms with Crippen molar-refractivity contribution in [1.29, 1.82) is 0 Å². The minimum atomic E-state index is -0.216. The van der Waals surface area contributed by atoms with Gasteiger partial charge in [0.15, 0.2) is 0 Å². The van der Waals surface area contributed by atoms with Crippen LogP contribution in [0.5, 0.6) is 0 Å². The summed E-state index contributed by atoms with van der Waals surface area (Å²) in [5.41, 5.74) is 0.282. The van der Waals surface area contributed by atoms with E-state index in [4.69, 9.17) is 11.6 Å². The van der Waals surface area contributed by atoms with Crippen LogP contribution in [0.15, 0.2) is 12.1 Å². The smallest absolute Gasteiger partial charge is 0.271 e. The predicted molar refractivity (Wildman–Crippen MR) is 86.0 cm³/mol. The quantitative estimate of drug-likeness (QED) is 0.774. The van der Waals surface area contributed by atoms with Gasteiger partial charge in [0.2, 0.25) is 0 Å². The summed E-state index contributed by atoms with van der Waals surface area (Å²) in [4.78, 5) is 18.8. The van der Waals surface area contributed by atoms with Gasteiger partial charge in [-0.1, -0.05) is 18.5 Å². The third-order valence-corrected chi connectivity index (χ3v) is 3.88. The Labute approximate surface area is 131 Å². The van der Waals surface area contributed by atoms with E-state index in [1.54, 1.807) is 12.1 Å². The molecule has 1 aromatic rings. The van der Waals surface area contributed by atoms with Gasteiger partial charge in [-0.3, -0.25) is 9.69 Å². The molecule has 0 saturated heterocycles. The van der Waals surface area contributed by atoms with Gasteiger partial charge in [0, 0.05) is 25.7 Å². The molecule has 0 bridgehead atoms. The third-order valence-electron chi connectivity index (χ3n) is 3.57. The molecule has 0 radical (unpaired) electrons. The summed E-state index contributed by atoms with van der Waals surface area (Å²) in [6, 6.07) is 4.18. The Balaban J connectivity index is 1.88. The lowest BCUT2D eigenvalue weighted by Gasteiger charge is -2.19. The van der Waals surface area contributed by atoms with Crippen molar-refractivity contribution in [2.75, 3.05) is 31.5 Å². The van der Waals surface area contributed by atoms with Gasteiger partial charge in [-0.05, 0) is 38.4 Å². The molecular formula is C15H23ClN4O. The van der Waals surface area contributed by atoms with Crippen LogP contribution >= 0.6 is 11.6 Å². The van der Waals surface area contributed by atoms with Crippen LogP contribution in [0, 0.1) is 0 Å². The highest BCUT2D eigenvalue weighted by atomic mass is 35.5. The van der Waals surface area contributed by atoms with Crippen molar-refractivity contribution in [2.24, 2.45) is 0 Å². The molecule has 1 amide bonds. The maximum atomic E-state index is 12.2. The zero-order valence-corrected chi connectivity index (χ0v) is 13.4. The number of nitrogens with zero attached hydrogens (tertiary/aromatic N) is 2. The van der Waals surface area contributed by atoms with Crippen LogP contribution in [0.25, 0.3) is 0 Å². The number of carbonyl (C=O) groups is 1. The van der Waals surface area contributed by atoms with Crippen LogP contribution in [0.3, 0.4) is 0 Å². The summed E-state index contributed by atoms with van der Waals surface area (Å²) < 4.78 is 0. The molecular weight excluding hydrogens is 288 g/mol. The second kappa shape index (κ2) is 7.61. The molecule has 1 heterocycles. The standard InChI is InChI=1S/C15H23ClN4O/c1-3-17-13-8-7-12(16)14(19-13)15(21)18-9-10-20(4-2)11-5-6-11/h7-8,11H,3-6,9-10H2,1-2H3,(H,17,19)(H,18,21). The molecule has 6 heteroatoms. The lowest BCUT2D eigenvalue weighted by molar-refractivity contribution is 0.0943. The fourth-order valence-electron chi connectivity index (χ4n) is 2.32. The Morgan fingerprint density at radius 3 is 2.81 bits per heavy atom. The van der Waals surface area contributed by atoms with E-state index in [0.29, 0.717) is 23.4 Å². The summed E-state index contributed by atoms with van der Waals surface area (Å²) in [7, 11) is 0. The minimum Gasteiger partial charge on any atom is -0.370 e. The van der Waals surface area contributed by atoms with Gasteiger partial charge < -0.3 is 10.6 Å². The molecule has 0 unspecified atom stereocenters. The van der Waals surface area contributed by atoms with Crippen molar-refractivity contribution < 1.29 is 4.79 Å². The molecule has 1 aliphatic rings. The first-order valence-corrected chi connectivity index (χ1v) is 7.96. The molecule has 1 fully saturated rings. The molecule has 0 aromatic carbocycles.